The van der Waals surface area contributed by atoms with E-state index < -0.39 is 0 Å². The molecule has 0 saturated heterocycles. The average Bonchev–Trinajstić information content (AvgIpc) is 3.21. The molecular formula is C18H31IN4O. The van der Waals surface area contributed by atoms with E-state index >= 15 is 0 Å². The highest BCUT2D eigenvalue weighted by molar-refractivity contribution is 14.0. The van der Waals surface area contributed by atoms with Gasteiger partial charge in [-0.15, -0.1) is 24.0 Å². The summed E-state index contributed by atoms with van der Waals surface area (Å²) in [4.78, 5) is 6.82. The Balaban J connectivity index is 0.00000288. The molecule has 136 valence electrons. The van der Waals surface area contributed by atoms with Crippen LogP contribution in [-0.2, 0) is 6.54 Å². The zero-order valence-corrected chi connectivity index (χ0v) is 17.5. The van der Waals surface area contributed by atoms with Crippen molar-refractivity contribution in [3.63, 3.8) is 0 Å². The molecule has 2 N–H and O–H groups in total. The van der Waals surface area contributed by atoms with E-state index in [4.69, 9.17) is 9.73 Å². The summed E-state index contributed by atoms with van der Waals surface area (Å²) in [5, 5.41) is 6.79. The summed E-state index contributed by atoms with van der Waals surface area (Å²) in [7, 11) is 4.10. The number of ether oxygens (including phenoxy) is 1. The van der Waals surface area contributed by atoms with Crippen molar-refractivity contribution in [2.45, 2.75) is 32.9 Å². The lowest BCUT2D eigenvalue weighted by molar-refractivity contribution is 0.259. The van der Waals surface area contributed by atoms with Gasteiger partial charge in [0.1, 0.15) is 12.4 Å². The normalized spacial score (nSPS) is 19.6. The first-order chi connectivity index (χ1) is 11.1. The van der Waals surface area contributed by atoms with E-state index in [1.807, 2.05) is 32.3 Å². The third-order valence-electron chi connectivity index (χ3n) is 3.95. The highest BCUT2D eigenvalue weighted by Crippen LogP contribution is 2.28. The Morgan fingerprint density at radius 2 is 2.04 bits per heavy atom. The van der Waals surface area contributed by atoms with Crippen molar-refractivity contribution in [1.82, 2.24) is 15.5 Å². The van der Waals surface area contributed by atoms with Crippen molar-refractivity contribution in [3.05, 3.63) is 29.8 Å². The predicted octanol–water partition coefficient (Wildman–Crippen LogP) is 2.71. The Labute approximate surface area is 163 Å². The third-order valence-corrected chi connectivity index (χ3v) is 3.95. The number of halogens is 1. The van der Waals surface area contributed by atoms with Crippen molar-refractivity contribution in [2.24, 2.45) is 10.9 Å². The lowest BCUT2D eigenvalue weighted by atomic mass is 10.2. The molecule has 1 aliphatic carbocycles. The van der Waals surface area contributed by atoms with Gasteiger partial charge in [-0.2, -0.15) is 0 Å². The van der Waals surface area contributed by atoms with E-state index in [0.29, 0.717) is 19.2 Å². The van der Waals surface area contributed by atoms with Gasteiger partial charge in [-0.25, -0.2) is 4.99 Å². The topological polar surface area (TPSA) is 48.9 Å². The Morgan fingerprint density at radius 1 is 1.33 bits per heavy atom. The van der Waals surface area contributed by atoms with E-state index in [9.17, 15) is 0 Å². The smallest absolute Gasteiger partial charge is 0.191 e. The molecule has 2 rings (SSSR count). The fourth-order valence-electron chi connectivity index (χ4n) is 2.30. The monoisotopic (exact) mass is 446 g/mol. The molecule has 0 aromatic heterocycles. The standard InChI is InChI=1S/C18H30N4O.HI/c1-5-19-18(21-16-12-14(16)2)20-13-15-8-6-7-9-17(15)23-11-10-22(3)4;/h6-9,14,16H,5,10-13H2,1-4H3,(H2,19,20,21);1H. The van der Waals surface area contributed by atoms with Crippen LogP contribution in [0.1, 0.15) is 25.8 Å². The van der Waals surface area contributed by atoms with E-state index in [-0.39, 0.29) is 24.0 Å². The van der Waals surface area contributed by atoms with Crippen LogP contribution in [-0.4, -0.2) is 50.7 Å². The third kappa shape index (κ3) is 7.25. The molecule has 0 amide bonds. The Hall–Kier alpha value is -1.02. The Bertz CT molecular complexity index is 521. The van der Waals surface area contributed by atoms with E-state index in [2.05, 4.69) is 35.4 Å². The molecule has 1 aromatic carbocycles. The molecule has 1 aromatic rings. The molecule has 6 heteroatoms. The van der Waals surface area contributed by atoms with Gasteiger partial charge in [-0.05, 0) is 39.4 Å². The van der Waals surface area contributed by atoms with Crippen LogP contribution in [0.3, 0.4) is 0 Å². The number of guanidine groups is 1. The molecule has 0 radical (unpaired) electrons. The van der Waals surface area contributed by atoms with E-state index in [1.165, 1.54) is 6.42 Å². The van der Waals surface area contributed by atoms with E-state index in [0.717, 1.165) is 36.3 Å². The second-order valence-electron chi connectivity index (χ2n) is 6.42. The number of rotatable bonds is 8. The molecule has 24 heavy (non-hydrogen) atoms. The summed E-state index contributed by atoms with van der Waals surface area (Å²) in [6.07, 6.45) is 1.23. The largest absolute Gasteiger partial charge is 0.492 e. The van der Waals surface area contributed by atoms with Crippen molar-refractivity contribution < 1.29 is 4.74 Å². The van der Waals surface area contributed by atoms with Crippen molar-refractivity contribution in [1.29, 1.82) is 0 Å². The maximum absolute atomic E-state index is 5.90. The van der Waals surface area contributed by atoms with Crippen LogP contribution in [0.5, 0.6) is 5.75 Å². The van der Waals surface area contributed by atoms with Crippen LogP contribution < -0.4 is 15.4 Å². The predicted molar refractivity (Wildman–Crippen MR) is 111 cm³/mol. The molecule has 0 spiro atoms. The lowest BCUT2D eigenvalue weighted by Crippen LogP contribution is -2.39. The molecule has 0 bridgehead atoms. The Morgan fingerprint density at radius 3 is 2.67 bits per heavy atom. The summed E-state index contributed by atoms with van der Waals surface area (Å²) in [5.41, 5.74) is 1.12. The number of likely N-dealkylation sites (N-methyl/N-ethyl adjacent to an activating group) is 1. The number of hydrogen-bond donors (Lipinski definition) is 2. The van der Waals surface area contributed by atoms with Gasteiger partial charge in [0.25, 0.3) is 0 Å². The molecule has 2 atom stereocenters. The van der Waals surface area contributed by atoms with Crippen LogP contribution >= 0.6 is 24.0 Å². The first-order valence-electron chi connectivity index (χ1n) is 8.50. The van der Waals surface area contributed by atoms with Gasteiger partial charge in [0.2, 0.25) is 0 Å². The number of para-hydroxylation sites is 1. The number of nitrogens with zero attached hydrogens (tertiary/aromatic N) is 2. The minimum atomic E-state index is 0. The van der Waals surface area contributed by atoms with Crippen LogP contribution in [0.4, 0.5) is 0 Å². The van der Waals surface area contributed by atoms with Gasteiger partial charge in [0.05, 0.1) is 6.54 Å². The number of benzene rings is 1. The van der Waals surface area contributed by atoms with Gasteiger partial charge in [-0.1, -0.05) is 25.1 Å². The first kappa shape index (κ1) is 21.0. The zero-order valence-electron chi connectivity index (χ0n) is 15.2. The number of nitrogens with one attached hydrogen (secondary N) is 2. The quantitative estimate of drug-likeness (QED) is 0.366. The van der Waals surface area contributed by atoms with E-state index in [1.54, 1.807) is 0 Å². The summed E-state index contributed by atoms with van der Waals surface area (Å²) >= 11 is 0. The summed E-state index contributed by atoms with van der Waals surface area (Å²) < 4.78 is 5.90. The minimum absolute atomic E-state index is 0. The highest BCUT2D eigenvalue weighted by Gasteiger charge is 2.33. The fourth-order valence-corrected chi connectivity index (χ4v) is 2.30. The number of aliphatic imine (C=N–C) groups is 1. The minimum Gasteiger partial charge on any atom is -0.492 e. The van der Waals surface area contributed by atoms with Gasteiger partial charge < -0.3 is 20.3 Å². The maximum atomic E-state index is 5.90. The molecule has 5 nitrogen and oxygen atoms in total. The molecule has 0 heterocycles. The highest BCUT2D eigenvalue weighted by atomic mass is 127. The number of hydrogen-bond acceptors (Lipinski definition) is 3. The van der Waals surface area contributed by atoms with Crippen LogP contribution in [0, 0.1) is 5.92 Å². The lowest BCUT2D eigenvalue weighted by Gasteiger charge is -2.14. The molecule has 1 fully saturated rings. The fraction of sp³-hybridized carbons (Fsp3) is 0.611. The summed E-state index contributed by atoms with van der Waals surface area (Å²) in [6.45, 7) is 7.43. The van der Waals surface area contributed by atoms with Crippen LogP contribution in [0.25, 0.3) is 0 Å². The molecule has 0 aliphatic heterocycles. The summed E-state index contributed by atoms with van der Waals surface area (Å²) in [6, 6.07) is 8.71. The SMILES string of the molecule is CCNC(=NCc1ccccc1OCCN(C)C)NC1CC1C.I. The second-order valence-corrected chi connectivity index (χ2v) is 6.42. The van der Waals surface area contributed by atoms with Crippen molar-refractivity contribution >= 4 is 29.9 Å². The molecule has 1 saturated carbocycles. The van der Waals surface area contributed by atoms with Crippen LogP contribution in [0.2, 0.25) is 0 Å². The van der Waals surface area contributed by atoms with Crippen molar-refractivity contribution in [2.75, 3.05) is 33.8 Å². The van der Waals surface area contributed by atoms with Crippen molar-refractivity contribution in [3.8, 4) is 5.75 Å². The second kappa shape index (κ2) is 10.8. The van der Waals surface area contributed by atoms with Crippen LogP contribution in [0.15, 0.2) is 29.3 Å². The maximum Gasteiger partial charge on any atom is 0.191 e. The summed E-state index contributed by atoms with van der Waals surface area (Å²) in [5.74, 6) is 2.57. The van der Waals surface area contributed by atoms with Gasteiger partial charge >= 0.3 is 0 Å². The molecule has 2 unspecified atom stereocenters. The first-order valence-corrected chi connectivity index (χ1v) is 8.50. The molecular weight excluding hydrogens is 415 g/mol. The Kier molecular flexibility index (Phi) is 9.43. The average molecular weight is 446 g/mol. The van der Waals surface area contributed by atoms with Gasteiger partial charge in [-0.3, -0.25) is 0 Å². The zero-order chi connectivity index (χ0) is 16.7. The van der Waals surface area contributed by atoms with Gasteiger partial charge in [0.15, 0.2) is 5.96 Å². The molecule has 1 aliphatic rings. The van der Waals surface area contributed by atoms with Gasteiger partial charge in [0, 0.05) is 24.7 Å².